The first-order valence-electron chi connectivity index (χ1n) is 6.65. The number of sulfonamides is 1. The molecule has 0 radical (unpaired) electrons. The number of carbonyl (C=O) groups is 1. The van der Waals surface area contributed by atoms with E-state index in [1.165, 1.54) is 13.1 Å². The van der Waals surface area contributed by atoms with Crippen LogP contribution in [0.4, 0.5) is 0 Å². The van der Waals surface area contributed by atoms with Crippen molar-refractivity contribution in [3.63, 3.8) is 0 Å². The summed E-state index contributed by atoms with van der Waals surface area (Å²) in [5, 5.41) is 5.72. The lowest BCUT2D eigenvalue weighted by atomic mass is 10.1. The molecule has 2 rings (SSSR count). The summed E-state index contributed by atoms with van der Waals surface area (Å²) in [5.41, 5.74) is 1.39. The van der Waals surface area contributed by atoms with Crippen LogP contribution in [-0.2, 0) is 10.0 Å². The average molecular weight is 313 g/mol. The molecule has 2 heterocycles. The Kier molecular flexibility index (Phi) is 4.81. The molecule has 7 nitrogen and oxygen atoms in total. The third kappa shape index (κ3) is 3.72. The lowest BCUT2D eigenvalue weighted by molar-refractivity contribution is 0.0955. The summed E-state index contributed by atoms with van der Waals surface area (Å²) in [6, 6.07) is 1.24. The van der Waals surface area contributed by atoms with Gasteiger partial charge in [-0.25, -0.2) is 13.1 Å². The number of nitrogens with one attached hydrogen (secondary N) is 3. The number of amides is 1. The number of hydrogen-bond donors (Lipinski definition) is 3. The van der Waals surface area contributed by atoms with Crippen LogP contribution < -0.4 is 15.4 Å². The lowest BCUT2D eigenvalue weighted by Gasteiger charge is -2.14. The van der Waals surface area contributed by atoms with Gasteiger partial charge in [-0.1, -0.05) is 11.6 Å². The van der Waals surface area contributed by atoms with Crippen molar-refractivity contribution >= 4 is 15.9 Å². The molecule has 1 amide bonds. The van der Waals surface area contributed by atoms with E-state index >= 15 is 0 Å². The first kappa shape index (κ1) is 15.7. The van der Waals surface area contributed by atoms with E-state index in [4.69, 9.17) is 4.42 Å². The maximum atomic E-state index is 12.1. The van der Waals surface area contributed by atoms with E-state index in [9.17, 15) is 13.2 Å². The number of carbonyl (C=O) groups excluding carboxylic acids is 1. The zero-order chi connectivity index (χ0) is 15.5. The van der Waals surface area contributed by atoms with Crippen molar-refractivity contribution in [1.29, 1.82) is 0 Å². The zero-order valence-corrected chi connectivity index (χ0v) is 12.8. The molecule has 1 aliphatic heterocycles. The van der Waals surface area contributed by atoms with E-state index in [2.05, 4.69) is 15.4 Å². The van der Waals surface area contributed by atoms with Gasteiger partial charge in [0, 0.05) is 19.2 Å². The van der Waals surface area contributed by atoms with Gasteiger partial charge in [0.1, 0.15) is 5.76 Å². The van der Waals surface area contributed by atoms with Gasteiger partial charge < -0.3 is 15.1 Å². The van der Waals surface area contributed by atoms with Crippen molar-refractivity contribution in [3.8, 4) is 0 Å². The standard InChI is InChI=1S/C13H19N3O4S/c1-9-11(7-12(20-9)21(18,19)14-2)13(17)16-8-10-3-5-15-6-4-10/h3,7,14-15H,4-6,8H2,1-2H3,(H,16,17). The van der Waals surface area contributed by atoms with E-state index in [0.717, 1.165) is 25.1 Å². The largest absolute Gasteiger partial charge is 0.448 e. The van der Waals surface area contributed by atoms with Crippen LogP contribution in [-0.4, -0.2) is 41.0 Å². The molecule has 0 unspecified atom stereocenters. The van der Waals surface area contributed by atoms with Crippen LogP contribution >= 0.6 is 0 Å². The Morgan fingerprint density at radius 2 is 2.24 bits per heavy atom. The molecule has 0 saturated carbocycles. The highest BCUT2D eigenvalue weighted by molar-refractivity contribution is 7.89. The van der Waals surface area contributed by atoms with Crippen molar-refractivity contribution < 1.29 is 17.6 Å². The van der Waals surface area contributed by atoms with Crippen LogP contribution in [0.3, 0.4) is 0 Å². The molecule has 0 saturated heterocycles. The highest BCUT2D eigenvalue weighted by Crippen LogP contribution is 2.18. The minimum Gasteiger partial charge on any atom is -0.448 e. The SMILES string of the molecule is CNS(=O)(=O)c1cc(C(=O)NCC2=CCNCC2)c(C)o1. The predicted molar refractivity (Wildman–Crippen MR) is 77.6 cm³/mol. The molecule has 21 heavy (non-hydrogen) atoms. The van der Waals surface area contributed by atoms with Crippen LogP contribution in [0.25, 0.3) is 0 Å². The summed E-state index contributed by atoms with van der Waals surface area (Å²) in [7, 11) is -2.40. The number of hydrogen-bond acceptors (Lipinski definition) is 5. The van der Waals surface area contributed by atoms with Crippen molar-refractivity contribution in [3.05, 3.63) is 29.0 Å². The fourth-order valence-electron chi connectivity index (χ4n) is 2.03. The van der Waals surface area contributed by atoms with Gasteiger partial charge in [-0.15, -0.1) is 0 Å². The zero-order valence-electron chi connectivity index (χ0n) is 12.0. The van der Waals surface area contributed by atoms with E-state index in [1.807, 2.05) is 6.08 Å². The van der Waals surface area contributed by atoms with Crippen LogP contribution in [0.2, 0.25) is 0 Å². The quantitative estimate of drug-likeness (QED) is 0.672. The van der Waals surface area contributed by atoms with Crippen LogP contribution in [0, 0.1) is 6.92 Å². The van der Waals surface area contributed by atoms with Crippen molar-refractivity contribution in [1.82, 2.24) is 15.4 Å². The Morgan fingerprint density at radius 1 is 1.48 bits per heavy atom. The molecule has 8 heteroatoms. The Bertz CT molecular complexity index is 661. The molecule has 1 aliphatic rings. The van der Waals surface area contributed by atoms with Gasteiger partial charge in [0.25, 0.3) is 15.9 Å². The van der Waals surface area contributed by atoms with Gasteiger partial charge in [-0.05, 0) is 26.9 Å². The summed E-state index contributed by atoms with van der Waals surface area (Å²) < 4.78 is 30.6. The first-order valence-corrected chi connectivity index (χ1v) is 8.13. The highest BCUT2D eigenvalue weighted by atomic mass is 32.2. The molecule has 0 aliphatic carbocycles. The Labute approximate surface area is 123 Å². The van der Waals surface area contributed by atoms with Gasteiger partial charge in [0.2, 0.25) is 5.09 Å². The number of furan rings is 1. The maximum absolute atomic E-state index is 12.1. The Morgan fingerprint density at radius 3 is 2.86 bits per heavy atom. The molecule has 116 valence electrons. The van der Waals surface area contributed by atoms with E-state index < -0.39 is 10.0 Å². The summed E-state index contributed by atoms with van der Waals surface area (Å²) in [6.45, 7) is 3.73. The molecular formula is C13H19N3O4S. The van der Waals surface area contributed by atoms with Gasteiger partial charge in [-0.3, -0.25) is 4.79 Å². The summed E-state index contributed by atoms with van der Waals surface area (Å²) in [5.74, 6) is -0.0612. The van der Waals surface area contributed by atoms with Crippen LogP contribution in [0.1, 0.15) is 22.5 Å². The normalized spacial score (nSPS) is 15.6. The van der Waals surface area contributed by atoms with E-state index in [1.54, 1.807) is 6.92 Å². The summed E-state index contributed by atoms with van der Waals surface area (Å²) in [6.07, 6.45) is 2.94. The minimum atomic E-state index is -3.69. The smallest absolute Gasteiger partial charge is 0.273 e. The third-order valence-electron chi connectivity index (χ3n) is 3.31. The van der Waals surface area contributed by atoms with Crippen molar-refractivity contribution in [2.45, 2.75) is 18.4 Å². The van der Waals surface area contributed by atoms with E-state index in [-0.39, 0.29) is 22.3 Å². The molecule has 1 aromatic rings. The monoisotopic (exact) mass is 313 g/mol. The van der Waals surface area contributed by atoms with Gasteiger partial charge in [0.05, 0.1) is 5.56 Å². The van der Waals surface area contributed by atoms with Gasteiger partial charge >= 0.3 is 0 Å². The number of aryl methyl sites for hydroxylation is 1. The molecule has 0 spiro atoms. The van der Waals surface area contributed by atoms with Gasteiger partial charge in [0.15, 0.2) is 0 Å². The Balaban J connectivity index is 2.07. The molecule has 0 atom stereocenters. The number of rotatable bonds is 5. The molecule has 0 fully saturated rings. The topological polar surface area (TPSA) is 100 Å². The summed E-state index contributed by atoms with van der Waals surface area (Å²) in [4.78, 5) is 12.1. The Hall–Kier alpha value is -1.64. The van der Waals surface area contributed by atoms with Gasteiger partial charge in [-0.2, -0.15) is 0 Å². The van der Waals surface area contributed by atoms with Crippen molar-refractivity contribution in [2.24, 2.45) is 0 Å². The second-order valence-electron chi connectivity index (χ2n) is 4.74. The molecular weight excluding hydrogens is 294 g/mol. The molecule has 3 N–H and O–H groups in total. The van der Waals surface area contributed by atoms with Crippen LogP contribution in [0.5, 0.6) is 0 Å². The van der Waals surface area contributed by atoms with Crippen LogP contribution in [0.15, 0.2) is 27.2 Å². The third-order valence-corrected chi connectivity index (χ3v) is 4.58. The maximum Gasteiger partial charge on any atom is 0.273 e. The highest BCUT2D eigenvalue weighted by Gasteiger charge is 2.22. The lowest BCUT2D eigenvalue weighted by Crippen LogP contribution is -2.29. The first-order chi connectivity index (χ1) is 9.94. The fourth-order valence-corrected chi connectivity index (χ4v) is 2.74. The summed E-state index contributed by atoms with van der Waals surface area (Å²) >= 11 is 0. The molecule has 1 aromatic heterocycles. The second kappa shape index (κ2) is 6.42. The molecule has 0 aromatic carbocycles. The molecule has 0 bridgehead atoms. The predicted octanol–water partition coefficient (Wildman–Crippen LogP) is 0.146. The van der Waals surface area contributed by atoms with E-state index in [0.29, 0.717) is 6.54 Å². The minimum absolute atomic E-state index is 0.235. The fraction of sp³-hybridized carbons (Fsp3) is 0.462. The second-order valence-corrected chi connectivity index (χ2v) is 6.56. The van der Waals surface area contributed by atoms with Crippen molar-refractivity contribution in [2.75, 3.05) is 26.7 Å². The average Bonchev–Trinajstić information content (AvgIpc) is 2.89.